The van der Waals surface area contributed by atoms with E-state index in [-0.39, 0.29) is 24.4 Å². The Bertz CT molecular complexity index is 1040. The molecule has 9 heteroatoms. The number of rotatable bonds is 17. The summed E-state index contributed by atoms with van der Waals surface area (Å²) in [5, 5.41) is 0. The van der Waals surface area contributed by atoms with Crippen LogP contribution in [0.25, 0.3) is 0 Å². The molecular weight excluding hydrogens is 665 g/mol. The molecule has 1 aromatic rings. The van der Waals surface area contributed by atoms with Gasteiger partial charge in [0.15, 0.2) is 0 Å². The van der Waals surface area contributed by atoms with Crippen molar-refractivity contribution in [2.75, 3.05) is 21.3 Å². The van der Waals surface area contributed by atoms with Gasteiger partial charge in [0.2, 0.25) is 0 Å². The van der Waals surface area contributed by atoms with Crippen molar-refractivity contribution < 1.29 is 27.8 Å². The van der Waals surface area contributed by atoms with Gasteiger partial charge in [0.05, 0.1) is 6.10 Å². The van der Waals surface area contributed by atoms with E-state index in [0.717, 1.165) is 15.8 Å². The Hall–Kier alpha value is -0.754. The third-order valence-electron chi connectivity index (χ3n) is 8.94. The van der Waals surface area contributed by atoms with Gasteiger partial charge >= 0.3 is 232 Å². The summed E-state index contributed by atoms with van der Waals surface area (Å²) in [5.41, 5.74) is 2.37. The predicted octanol–water partition coefficient (Wildman–Crippen LogP) is 7.95. The Kier molecular flexibility index (Phi) is 14.9. The van der Waals surface area contributed by atoms with Crippen LogP contribution in [-0.4, -0.2) is 83.2 Å². The van der Waals surface area contributed by atoms with Gasteiger partial charge in [0.25, 0.3) is 0 Å². The fourth-order valence-corrected chi connectivity index (χ4v) is 14.6. The van der Waals surface area contributed by atoms with Gasteiger partial charge < -0.3 is 4.74 Å². The molecule has 7 nitrogen and oxygen atoms in total. The van der Waals surface area contributed by atoms with Gasteiger partial charge in [-0.2, -0.15) is 0 Å². The van der Waals surface area contributed by atoms with Crippen molar-refractivity contribution in [1.82, 2.24) is 4.98 Å². The van der Waals surface area contributed by atoms with Crippen LogP contribution < -0.4 is 3.78 Å². The molecule has 0 spiro atoms. The van der Waals surface area contributed by atoms with E-state index < -0.39 is 32.5 Å². The molecule has 0 aromatic carbocycles. The summed E-state index contributed by atoms with van der Waals surface area (Å²) in [6.07, 6.45) is 12.0. The van der Waals surface area contributed by atoms with Crippen LogP contribution in [0.3, 0.4) is 0 Å². The van der Waals surface area contributed by atoms with E-state index in [4.69, 9.17) is 27.8 Å². The molecule has 0 N–H and O–H groups in total. The maximum atomic E-state index is 7.46. The second kappa shape index (κ2) is 16.7. The molecule has 1 aromatic heterocycles. The Morgan fingerprint density at radius 2 is 1.74 bits per heavy atom. The molecular formula is C34H61NO6SiSn. The van der Waals surface area contributed by atoms with Crippen molar-refractivity contribution in [3.63, 3.8) is 0 Å². The molecule has 2 rings (SSSR count). The molecule has 2 heterocycles. The summed E-state index contributed by atoms with van der Waals surface area (Å²) >= 11 is -2.42. The van der Waals surface area contributed by atoms with Gasteiger partial charge in [-0.05, 0) is 6.42 Å². The molecule has 0 bridgehead atoms. The van der Waals surface area contributed by atoms with E-state index >= 15 is 0 Å². The smallest absolute Gasteiger partial charge is 0.0363 e. The molecule has 0 aliphatic carbocycles. The topological polar surface area (TPSA) is 72.2 Å². The zero-order valence-electron chi connectivity index (χ0n) is 29.4. The molecule has 0 unspecified atom stereocenters. The molecule has 1 aliphatic heterocycles. The zero-order valence-corrected chi connectivity index (χ0v) is 33.2. The van der Waals surface area contributed by atoms with Gasteiger partial charge in [0.1, 0.15) is 0 Å². The number of oxazole rings is 1. The van der Waals surface area contributed by atoms with Crippen LogP contribution in [-0.2, 0) is 29.8 Å². The Morgan fingerprint density at radius 3 is 2.21 bits per heavy atom. The number of methoxy groups -OCH3 is 3. The summed E-state index contributed by atoms with van der Waals surface area (Å²) < 4.78 is 39.6. The minimum atomic E-state index is -2.42. The minimum Gasteiger partial charge on any atom is -0.377 e. The molecule has 1 saturated heterocycles. The van der Waals surface area contributed by atoms with E-state index in [1.54, 1.807) is 21.3 Å². The Labute approximate surface area is 267 Å². The van der Waals surface area contributed by atoms with Crippen LogP contribution in [0, 0.1) is 0 Å². The van der Waals surface area contributed by atoms with Crippen molar-refractivity contribution in [3.8, 4) is 0 Å². The van der Waals surface area contributed by atoms with Crippen LogP contribution in [0.15, 0.2) is 47.1 Å². The summed E-state index contributed by atoms with van der Waals surface area (Å²) in [7, 11) is 2.93. The molecule has 1 fully saturated rings. The molecule has 5 atom stereocenters. The van der Waals surface area contributed by atoms with Crippen LogP contribution in [0.1, 0.15) is 73.6 Å². The number of ether oxygens (including phenoxy) is 4. The van der Waals surface area contributed by atoms with Crippen molar-refractivity contribution in [2.24, 2.45) is 0 Å². The maximum Gasteiger partial charge on any atom is 0.0363 e. The number of hydrogen-bond donors (Lipinski definition) is 0. The van der Waals surface area contributed by atoms with Crippen molar-refractivity contribution in [1.29, 1.82) is 0 Å². The summed E-state index contributed by atoms with van der Waals surface area (Å²) in [6.45, 7) is 19.9. The molecule has 0 radical (unpaired) electrons. The van der Waals surface area contributed by atoms with E-state index in [9.17, 15) is 0 Å². The molecule has 0 saturated carbocycles. The number of hydrogen-bond acceptors (Lipinski definition) is 7. The average Bonchev–Trinajstić information content (AvgIpc) is 3.41. The fourth-order valence-electron chi connectivity index (χ4n) is 6.58. The molecule has 1 aliphatic rings. The second-order valence-electron chi connectivity index (χ2n) is 14.1. The monoisotopic (exact) mass is 727 g/mol. The largest absolute Gasteiger partial charge is 0.377 e. The summed E-state index contributed by atoms with van der Waals surface area (Å²) in [4.78, 5) is 11.6. The van der Waals surface area contributed by atoms with Crippen LogP contribution >= 0.6 is 0 Å². The van der Waals surface area contributed by atoms with Gasteiger partial charge in [-0.15, -0.1) is 6.58 Å². The van der Waals surface area contributed by atoms with Crippen LogP contribution in [0.5, 0.6) is 0 Å². The van der Waals surface area contributed by atoms with Crippen molar-refractivity contribution >= 4 is 30.5 Å². The Balaban J connectivity index is 2.58. The first-order valence-electron chi connectivity index (χ1n) is 16.0. The summed E-state index contributed by atoms with van der Waals surface area (Å²) in [5.74, 6) is -0.296. The third kappa shape index (κ3) is 10.1. The first-order valence-corrected chi connectivity index (χ1v) is 28.1. The number of allylic oxidation sites excluding steroid dienone is 2. The fraction of sp³-hybridized carbons (Fsp3) is 0.735. The quantitative estimate of drug-likeness (QED) is 0.0917. The number of aromatic nitrogens is 1. The average molecular weight is 727 g/mol. The molecule has 0 amide bonds. The first kappa shape index (κ1) is 38.4. The summed E-state index contributed by atoms with van der Waals surface area (Å²) in [6, 6.07) is 0. The van der Waals surface area contributed by atoms with E-state index in [0.29, 0.717) is 41.8 Å². The normalized spacial score (nSPS) is 24.0. The van der Waals surface area contributed by atoms with Crippen LogP contribution in [0.4, 0.5) is 0 Å². The van der Waals surface area contributed by atoms with E-state index in [2.05, 4.69) is 93.1 Å². The Morgan fingerprint density at radius 1 is 1.12 bits per heavy atom. The van der Waals surface area contributed by atoms with Gasteiger partial charge in [-0.25, -0.2) is 0 Å². The van der Waals surface area contributed by atoms with Gasteiger partial charge in [-0.1, -0.05) is 6.08 Å². The van der Waals surface area contributed by atoms with Crippen molar-refractivity contribution in [3.05, 3.63) is 48.5 Å². The SMILES string of the molecule is C=CC[C@H](/C=C/C(C)=C/[C@@H](O[Si](C(C)C)(C(C)C)C(C)C)[C@H]1C[C@@H](OC)C[C@](Cc2nc[c]([Sn]([CH3])([CH3])[CH3])o2)(OC)O1)OC. The van der Waals surface area contributed by atoms with Gasteiger partial charge in [0, 0.05) is 7.11 Å². The minimum absolute atomic E-state index is 0.0240. The predicted molar refractivity (Wildman–Crippen MR) is 182 cm³/mol. The van der Waals surface area contributed by atoms with Crippen LogP contribution in [0.2, 0.25) is 31.4 Å². The standard InChI is InChI=1S/C31H52NO6Si.3CH3.Sn/c1-12-13-26(33-9)15-14-25(8)18-29(38-39(22(2)3,23(4)5)24(6)7)28-19-27(34-10)20-31(35-11,37-28)21-30-32-16-17-36-30;;;;/h12,14-16,18,22-24,26-29H,1,13,19-21H2,2-11H3;3*1H3;/b15-14+,25-18+;;;;/t26-,27-,28-,29-,31+;;;;/m1..../s1. The number of nitrogens with zero attached hydrogens (tertiary/aromatic N) is 1. The maximum absolute atomic E-state index is 7.46. The van der Waals surface area contributed by atoms with Gasteiger partial charge in [-0.3, -0.25) is 0 Å². The van der Waals surface area contributed by atoms with Crippen molar-refractivity contribution in [2.45, 2.75) is 136 Å². The molecule has 246 valence electrons. The second-order valence-corrected chi connectivity index (χ2v) is 33.7. The molecule has 43 heavy (non-hydrogen) atoms. The zero-order chi connectivity index (χ0) is 32.6. The van der Waals surface area contributed by atoms with E-state index in [1.165, 1.54) is 0 Å². The third-order valence-corrected chi connectivity index (χ3v) is 19.9. The first-order chi connectivity index (χ1) is 20.1. The van der Waals surface area contributed by atoms with E-state index in [1.807, 2.05) is 12.3 Å².